The molecule has 9 nitrogen and oxygen atoms in total. The molecule has 35 heavy (non-hydrogen) atoms. The van der Waals surface area contributed by atoms with E-state index in [4.69, 9.17) is 14.7 Å². The maximum absolute atomic E-state index is 13.8. The fourth-order valence-corrected chi connectivity index (χ4v) is 4.91. The third kappa shape index (κ3) is 4.03. The summed E-state index contributed by atoms with van der Waals surface area (Å²) >= 11 is 0. The smallest absolute Gasteiger partial charge is 0.371 e. The molecule has 2 aromatic carbocycles. The Bertz CT molecular complexity index is 1320. The van der Waals surface area contributed by atoms with E-state index < -0.39 is 21.4 Å². The number of ether oxygens (including phenoxy) is 1. The number of guanidine groups is 1. The van der Waals surface area contributed by atoms with Gasteiger partial charge in [-0.05, 0) is 34.9 Å². The topological polar surface area (TPSA) is 115 Å². The van der Waals surface area contributed by atoms with Gasteiger partial charge in [-0.25, -0.2) is 4.99 Å². The van der Waals surface area contributed by atoms with E-state index in [-0.39, 0.29) is 17.6 Å². The van der Waals surface area contributed by atoms with E-state index in [1.807, 2.05) is 48.6 Å². The quantitative estimate of drug-likeness (QED) is 0.629. The number of nitrogens with two attached hydrogens (primary N) is 1. The maximum atomic E-state index is 13.8. The monoisotopic (exact) mass is 496 g/mol. The van der Waals surface area contributed by atoms with Gasteiger partial charge in [0.05, 0.1) is 0 Å². The Balaban J connectivity index is 1.82. The van der Waals surface area contributed by atoms with E-state index in [1.54, 1.807) is 26.3 Å². The zero-order valence-electron chi connectivity index (χ0n) is 20.0. The van der Waals surface area contributed by atoms with E-state index in [1.165, 1.54) is 31.1 Å². The van der Waals surface area contributed by atoms with Crippen LogP contribution < -0.4 is 9.92 Å². The molecular formula is C25H28N4O5S. The highest BCUT2D eigenvalue weighted by molar-refractivity contribution is 7.84. The van der Waals surface area contributed by atoms with Gasteiger partial charge in [0.1, 0.15) is 11.4 Å². The predicted molar refractivity (Wildman–Crippen MR) is 134 cm³/mol. The highest BCUT2D eigenvalue weighted by Gasteiger charge is 2.62. The van der Waals surface area contributed by atoms with Crippen molar-refractivity contribution in [1.29, 1.82) is 0 Å². The first-order valence-corrected chi connectivity index (χ1v) is 12.3. The van der Waals surface area contributed by atoms with Gasteiger partial charge in [-0.3, -0.25) is 9.69 Å². The van der Waals surface area contributed by atoms with Crippen molar-refractivity contribution in [2.45, 2.75) is 17.6 Å². The fourth-order valence-electron chi connectivity index (χ4n) is 4.40. The van der Waals surface area contributed by atoms with E-state index in [2.05, 4.69) is 4.99 Å². The van der Waals surface area contributed by atoms with Gasteiger partial charge in [0.2, 0.25) is 5.54 Å². The molecule has 0 radical (unpaired) electrons. The zero-order valence-corrected chi connectivity index (χ0v) is 20.8. The largest absolute Gasteiger partial charge is 0.384 e. The van der Waals surface area contributed by atoms with Crippen molar-refractivity contribution in [2.75, 3.05) is 28.3 Å². The summed E-state index contributed by atoms with van der Waals surface area (Å²) in [7, 11) is 1.92. The molecule has 1 aliphatic heterocycles. The molecule has 2 aromatic rings. The van der Waals surface area contributed by atoms with Crippen molar-refractivity contribution in [3.8, 4) is 5.75 Å². The highest BCUT2D eigenvalue weighted by Crippen LogP contribution is 2.50. The lowest BCUT2D eigenvalue weighted by atomic mass is 9.68. The van der Waals surface area contributed by atoms with Gasteiger partial charge >= 0.3 is 10.3 Å². The first kappa shape index (κ1) is 24.6. The number of rotatable bonds is 7. The Kier molecular flexibility index (Phi) is 6.31. The minimum atomic E-state index is -3.93. The normalized spacial score (nSPS) is 24.5. The summed E-state index contributed by atoms with van der Waals surface area (Å²) in [5.74, 6) is -0.194. The van der Waals surface area contributed by atoms with Crippen LogP contribution in [0.15, 0.2) is 77.8 Å². The lowest BCUT2D eigenvalue weighted by Gasteiger charge is -2.44. The summed E-state index contributed by atoms with van der Waals surface area (Å²) in [6.45, 7) is 0. The summed E-state index contributed by atoms with van der Waals surface area (Å²) in [5.41, 5.74) is 5.88. The van der Waals surface area contributed by atoms with Gasteiger partial charge in [-0.15, -0.1) is 0 Å². The number of allylic oxidation sites excluding steroid dienone is 2. The van der Waals surface area contributed by atoms with Crippen LogP contribution in [-0.4, -0.2) is 63.3 Å². The van der Waals surface area contributed by atoms with Crippen LogP contribution in [0.25, 0.3) is 5.57 Å². The number of nitrogens with zero attached hydrogens (tertiary/aromatic N) is 3. The van der Waals surface area contributed by atoms with Crippen molar-refractivity contribution in [1.82, 2.24) is 9.21 Å². The number of methoxy groups -OCH3 is 1. The van der Waals surface area contributed by atoms with Crippen LogP contribution in [0.2, 0.25) is 0 Å². The van der Waals surface area contributed by atoms with Crippen molar-refractivity contribution in [2.24, 2.45) is 10.7 Å². The maximum Gasteiger partial charge on any atom is 0.384 e. The number of hydrogen-bond donors (Lipinski definition) is 1. The molecule has 2 aliphatic rings. The second kappa shape index (κ2) is 8.95. The first-order valence-electron chi connectivity index (χ1n) is 10.9. The van der Waals surface area contributed by atoms with Crippen molar-refractivity contribution < 1.29 is 22.1 Å². The van der Waals surface area contributed by atoms with Crippen molar-refractivity contribution in [3.05, 3.63) is 84.0 Å². The Labute approximate surface area is 205 Å². The van der Waals surface area contributed by atoms with Crippen LogP contribution in [0.4, 0.5) is 0 Å². The number of likely N-dealkylation sites (N-methyl/N-ethyl adjacent to an activating group) is 1. The van der Waals surface area contributed by atoms with Gasteiger partial charge in [0.25, 0.3) is 5.91 Å². The van der Waals surface area contributed by atoms with Crippen LogP contribution in [0.1, 0.15) is 17.5 Å². The van der Waals surface area contributed by atoms with Gasteiger partial charge in [0, 0.05) is 34.7 Å². The summed E-state index contributed by atoms with van der Waals surface area (Å²) in [6.07, 6.45) is 6.02. The van der Waals surface area contributed by atoms with E-state index in [0.717, 1.165) is 15.4 Å². The molecule has 2 unspecified atom stereocenters. The zero-order chi connectivity index (χ0) is 25.4. The second-order valence-corrected chi connectivity index (χ2v) is 10.3. The minimum absolute atomic E-state index is 0.0613. The van der Waals surface area contributed by atoms with Crippen molar-refractivity contribution >= 4 is 27.7 Å². The lowest BCUT2D eigenvalue weighted by Crippen LogP contribution is -2.57. The minimum Gasteiger partial charge on any atom is -0.371 e. The first-order chi connectivity index (χ1) is 16.6. The number of aliphatic imine (C=N–C) groups is 1. The molecule has 10 heteroatoms. The Morgan fingerprint density at radius 1 is 1.09 bits per heavy atom. The summed E-state index contributed by atoms with van der Waals surface area (Å²) in [4.78, 5) is 19.8. The molecule has 4 rings (SSSR count). The molecule has 0 saturated heterocycles. The molecule has 0 fully saturated rings. The molecule has 1 amide bonds. The number of carbonyl (C=O) groups is 1. The van der Waals surface area contributed by atoms with Gasteiger partial charge < -0.3 is 14.7 Å². The third-order valence-electron chi connectivity index (χ3n) is 6.40. The molecule has 2 N–H and O–H groups in total. The summed E-state index contributed by atoms with van der Waals surface area (Å²) in [6, 6.07) is 16.0. The molecule has 0 aromatic heterocycles. The van der Waals surface area contributed by atoms with Gasteiger partial charge in [-0.2, -0.15) is 12.7 Å². The van der Waals surface area contributed by atoms with Crippen molar-refractivity contribution in [3.63, 3.8) is 0 Å². The number of hydrogen-bond acceptors (Lipinski definition) is 7. The predicted octanol–water partition coefficient (Wildman–Crippen LogP) is 2.28. The van der Waals surface area contributed by atoms with Gasteiger partial charge in [-0.1, -0.05) is 54.6 Å². The average Bonchev–Trinajstić information content (AvgIpc) is 3.09. The number of amides is 1. The van der Waals surface area contributed by atoms with Gasteiger partial charge in [0.15, 0.2) is 5.96 Å². The molecule has 0 bridgehead atoms. The second-order valence-electron chi connectivity index (χ2n) is 8.58. The molecule has 0 saturated carbocycles. The standard InChI is InChI=1S/C25H28N4O5S/c1-28(2)35(31,32)34-21-14-12-20(13-15-21)25(22(30)29(3)23(26)27-25)24(33-4)16-8-11-19(17-24)18-9-6-5-7-10-18/h5-16H,17H2,1-4H3,(H2,26,27). The Morgan fingerprint density at radius 3 is 2.29 bits per heavy atom. The number of benzene rings is 2. The van der Waals surface area contributed by atoms with Crippen LogP contribution in [-0.2, 0) is 25.4 Å². The van der Waals surface area contributed by atoms with Crippen LogP contribution in [0, 0.1) is 0 Å². The molecule has 0 spiro atoms. The van der Waals surface area contributed by atoms with E-state index in [9.17, 15) is 13.2 Å². The summed E-state index contributed by atoms with van der Waals surface area (Å²) in [5, 5.41) is 0. The molecule has 2 atom stereocenters. The Morgan fingerprint density at radius 2 is 1.74 bits per heavy atom. The molecule has 1 aliphatic carbocycles. The lowest BCUT2D eigenvalue weighted by molar-refractivity contribution is -0.140. The SMILES string of the molecule is COC1(C2(c3ccc(OS(=O)(=O)N(C)C)cc3)N=C(N)N(C)C2=O)C=CC=C(c2ccccc2)C1. The van der Waals surface area contributed by atoms with E-state index in [0.29, 0.717) is 12.0 Å². The highest BCUT2D eigenvalue weighted by atomic mass is 32.2. The summed E-state index contributed by atoms with van der Waals surface area (Å²) < 4.78 is 36.5. The molecule has 1 heterocycles. The van der Waals surface area contributed by atoms with Crippen LogP contribution in [0.5, 0.6) is 5.75 Å². The average molecular weight is 497 g/mol. The van der Waals surface area contributed by atoms with E-state index >= 15 is 0 Å². The molecular weight excluding hydrogens is 468 g/mol. The number of carbonyl (C=O) groups excluding carboxylic acids is 1. The Hall–Kier alpha value is -3.47. The van der Waals surface area contributed by atoms with Crippen LogP contribution >= 0.6 is 0 Å². The van der Waals surface area contributed by atoms with Crippen LogP contribution in [0.3, 0.4) is 0 Å². The third-order valence-corrected chi connectivity index (χ3v) is 7.70. The fraction of sp³-hybridized carbons (Fsp3) is 0.280. The molecule has 184 valence electrons.